The molecule has 3 heterocycles. The summed E-state index contributed by atoms with van der Waals surface area (Å²) in [5.41, 5.74) is 9.15. The van der Waals surface area contributed by atoms with Gasteiger partial charge in [-0.2, -0.15) is 0 Å². The Morgan fingerprint density at radius 2 is 2.11 bits per heavy atom. The van der Waals surface area contributed by atoms with Crippen molar-refractivity contribution in [3.05, 3.63) is 53.7 Å². The van der Waals surface area contributed by atoms with Crippen LogP contribution in [0.3, 0.4) is 0 Å². The zero-order chi connectivity index (χ0) is 19.9. The minimum atomic E-state index is -0.0919. The Morgan fingerprint density at radius 1 is 1.32 bits per heavy atom. The summed E-state index contributed by atoms with van der Waals surface area (Å²) in [6.45, 7) is 7.48. The summed E-state index contributed by atoms with van der Waals surface area (Å²) in [5.74, 6) is -0.0919. The van der Waals surface area contributed by atoms with E-state index >= 15 is 0 Å². The largest absolute Gasteiger partial charge is 0.404 e. The van der Waals surface area contributed by atoms with Gasteiger partial charge < -0.3 is 15.6 Å². The van der Waals surface area contributed by atoms with E-state index in [0.717, 1.165) is 41.5 Å². The van der Waals surface area contributed by atoms with Crippen LogP contribution in [0.15, 0.2) is 41.6 Å². The van der Waals surface area contributed by atoms with Crippen molar-refractivity contribution in [3.63, 3.8) is 0 Å². The van der Waals surface area contributed by atoms with E-state index in [-0.39, 0.29) is 5.91 Å². The quantitative estimate of drug-likeness (QED) is 0.698. The number of carbonyl (C=O) groups is 1. The second-order valence-electron chi connectivity index (χ2n) is 6.89. The number of nitrogens with two attached hydrogens (primary N) is 1. The minimum absolute atomic E-state index is 0.0919. The van der Waals surface area contributed by atoms with Crippen molar-refractivity contribution >= 4 is 23.4 Å². The molecule has 0 aliphatic carbocycles. The number of nitrogens with one attached hydrogen (secondary N) is 1. The molecule has 2 aromatic heterocycles. The van der Waals surface area contributed by atoms with Crippen LogP contribution in [-0.2, 0) is 6.54 Å². The lowest BCUT2D eigenvalue weighted by Gasteiger charge is -2.24. The van der Waals surface area contributed by atoms with Gasteiger partial charge in [-0.3, -0.25) is 9.78 Å². The number of hydrogen-bond donors (Lipinski definition) is 2. The van der Waals surface area contributed by atoms with Crippen LogP contribution in [0.25, 0.3) is 5.57 Å². The van der Waals surface area contributed by atoms with E-state index in [2.05, 4.69) is 33.0 Å². The van der Waals surface area contributed by atoms with Crippen LogP contribution >= 0.6 is 11.9 Å². The van der Waals surface area contributed by atoms with E-state index in [0.29, 0.717) is 12.2 Å². The summed E-state index contributed by atoms with van der Waals surface area (Å²) in [6, 6.07) is 7.66. The first-order valence-electron chi connectivity index (χ1n) is 9.87. The van der Waals surface area contributed by atoms with Gasteiger partial charge in [0.25, 0.3) is 5.91 Å². The van der Waals surface area contributed by atoms with Crippen LogP contribution in [0.2, 0.25) is 0 Å². The third-order valence-corrected chi connectivity index (χ3v) is 6.28. The first-order chi connectivity index (χ1) is 13.6. The van der Waals surface area contributed by atoms with Crippen LogP contribution in [0, 0.1) is 6.92 Å². The number of hydrogen-bond acceptors (Lipinski definition) is 5. The summed E-state index contributed by atoms with van der Waals surface area (Å²) in [5, 5.41) is 3.00. The highest BCUT2D eigenvalue weighted by atomic mass is 32.2. The third kappa shape index (κ3) is 4.77. The normalized spacial score (nSPS) is 15.6. The van der Waals surface area contributed by atoms with Gasteiger partial charge in [-0.05, 0) is 56.8 Å². The number of amides is 1. The van der Waals surface area contributed by atoms with E-state index in [1.54, 1.807) is 18.1 Å². The molecule has 28 heavy (non-hydrogen) atoms. The standard InChI is InChI=1S/C21H29N5OS/c1-3-26-16(2)20(28-25-11-7-4-8-12-25)13-19(26)21(27)24-15-17(14-22)18-9-5-6-10-23-18/h5-6,9-10,13-14H,3-4,7-8,11-12,15,22H2,1-2H3,(H,24,27)/b17-14-. The number of carbonyl (C=O) groups excluding carboxylic acids is 1. The molecule has 0 spiro atoms. The maximum absolute atomic E-state index is 12.9. The molecule has 150 valence electrons. The highest BCUT2D eigenvalue weighted by Gasteiger charge is 2.20. The van der Waals surface area contributed by atoms with Crippen molar-refractivity contribution in [2.75, 3.05) is 19.6 Å². The van der Waals surface area contributed by atoms with Gasteiger partial charge >= 0.3 is 0 Å². The molecule has 0 saturated carbocycles. The molecule has 6 nitrogen and oxygen atoms in total. The van der Waals surface area contributed by atoms with Gasteiger partial charge in [-0.25, -0.2) is 4.31 Å². The van der Waals surface area contributed by atoms with Gasteiger partial charge in [-0.15, -0.1) is 0 Å². The van der Waals surface area contributed by atoms with Crippen molar-refractivity contribution in [2.45, 2.75) is 44.6 Å². The van der Waals surface area contributed by atoms with Crippen molar-refractivity contribution < 1.29 is 4.79 Å². The van der Waals surface area contributed by atoms with Crippen molar-refractivity contribution in [2.24, 2.45) is 5.73 Å². The smallest absolute Gasteiger partial charge is 0.268 e. The Morgan fingerprint density at radius 3 is 2.75 bits per heavy atom. The molecular formula is C21H29N5OS. The molecular weight excluding hydrogens is 370 g/mol. The second kappa shape index (κ2) is 9.80. The molecule has 1 aliphatic rings. The summed E-state index contributed by atoms with van der Waals surface area (Å²) >= 11 is 1.78. The lowest BCUT2D eigenvalue weighted by Crippen LogP contribution is -2.28. The molecule has 0 atom stereocenters. The first kappa shape index (κ1) is 20.5. The molecule has 0 bridgehead atoms. The molecule has 7 heteroatoms. The van der Waals surface area contributed by atoms with Gasteiger partial charge in [0.05, 0.1) is 5.69 Å². The zero-order valence-corrected chi connectivity index (χ0v) is 17.5. The van der Waals surface area contributed by atoms with E-state index in [1.165, 1.54) is 25.5 Å². The molecule has 0 radical (unpaired) electrons. The fraction of sp³-hybridized carbons (Fsp3) is 0.429. The molecule has 0 aromatic carbocycles. The van der Waals surface area contributed by atoms with Crippen LogP contribution in [0.5, 0.6) is 0 Å². The van der Waals surface area contributed by atoms with Crippen LogP contribution < -0.4 is 11.1 Å². The van der Waals surface area contributed by atoms with Gasteiger partial charge in [0.15, 0.2) is 0 Å². The van der Waals surface area contributed by atoms with Gasteiger partial charge in [-0.1, -0.05) is 12.5 Å². The third-order valence-electron chi connectivity index (χ3n) is 5.05. The van der Waals surface area contributed by atoms with Crippen LogP contribution in [0.4, 0.5) is 0 Å². The molecule has 1 aliphatic heterocycles. The Bertz CT molecular complexity index is 825. The zero-order valence-electron chi connectivity index (χ0n) is 16.6. The van der Waals surface area contributed by atoms with Crippen molar-refractivity contribution in [1.29, 1.82) is 0 Å². The molecule has 1 fully saturated rings. The number of nitrogens with zero attached hydrogens (tertiary/aromatic N) is 3. The number of pyridine rings is 1. The minimum Gasteiger partial charge on any atom is -0.404 e. The number of piperidine rings is 1. The highest BCUT2D eigenvalue weighted by Crippen LogP contribution is 2.31. The summed E-state index contributed by atoms with van der Waals surface area (Å²) in [6.07, 6.45) is 7.03. The van der Waals surface area contributed by atoms with Crippen LogP contribution in [-0.4, -0.2) is 39.4 Å². The van der Waals surface area contributed by atoms with E-state index < -0.39 is 0 Å². The average Bonchev–Trinajstić information content (AvgIpc) is 3.05. The van der Waals surface area contributed by atoms with E-state index in [1.807, 2.05) is 24.3 Å². The molecule has 1 amide bonds. The maximum atomic E-state index is 12.9. The van der Waals surface area contributed by atoms with Gasteiger partial charge in [0.2, 0.25) is 0 Å². The Hall–Kier alpha value is -2.25. The Balaban J connectivity index is 1.71. The SMILES string of the molecule is CCn1c(C(=O)NC/C(=C/N)c2ccccn2)cc(SN2CCCCC2)c1C. The lowest BCUT2D eigenvalue weighted by atomic mass is 10.2. The molecule has 3 rings (SSSR count). The Kier molecular flexibility index (Phi) is 7.17. The maximum Gasteiger partial charge on any atom is 0.268 e. The topological polar surface area (TPSA) is 76.2 Å². The van der Waals surface area contributed by atoms with Crippen molar-refractivity contribution in [3.8, 4) is 0 Å². The predicted octanol–water partition coefficient (Wildman–Crippen LogP) is 3.43. The monoisotopic (exact) mass is 399 g/mol. The average molecular weight is 400 g/mol. The molecule has 1 saturated heterocycles. The molecule has 3 N–H and O–H groups in total. The molecule has 0 unspecified atom stereocenters. The number of rotatable bonds is 7. The summed E-state index contributed by atoms with van der Waals surface area (Å²) < 4.78 is 4.48. The van der Waals surface area contributed by atoms with E-state index in [4.69, 9.17) is 5.73 Å². The highest BCUT2D eigenvalue weighted by molar-refractivity contribution is 7.97. The molecule has 2 aromatic rings. The Labute approximate surface area is 171 Å². The fourth-order valence-corrected chi connectivity index (χ4v) is 4.58. The first-order valence-corrected chi connectivity index (χ1v) is 10.6. The fourth-order valence-electron chi connectivity index (χ4n) is 3.46. The van der Waals surface area contributed by atoms with Crippen molar-refractivity contribution in [1.82, 2.24) is 19.2 Å². The summed E-state index contributed by atoms with van der Waals surface area (Å²) in [4.78, 5) is 18.4. The summed E-state index contributed by atoms with van der Waals surface area (Å²) in [7, 11) is 0. The van der Waals surface area contributed by atoms with Gasteiger partial charge in [0.1, 0.15) is 5.69 Å². The lowest BCUT2D eigenvalue weighted by molar-refractivity contribution is 0.0949. The van der Waals surface area contributed by atoms with Crippen LogP contribution in [0.1, 0.15) is 48.1 Å². The number of aromatic nitrogens is 2. The van der Waals surface area contributed by atoms with E-state index in [9.17, 15) is 4.79 Å². The van der Waals surface area contributed by atoms with Gasteiger partial charge in [0, 0.05) is 54.7 Å². The predicted molar refractivity (Wildman–Crippen MR) is 115 cm³/mol. The second-order valence-corrected chi connectivity index (χ2v) is 8.03.